The van der Waals surface area contributed by atoms with Crippen LogP contribution in [-0.4, -0.2) is 31.6 Å². The molecule has 0 saturated heterocycles. The van der Waals surface area contributed by atoms with Gasteiger partial charge in [-0.05, 0) is 24.1 Å². The molecule has 5 nitrogen and oxygen atoms in total. The first kappa shape index (κ1) is 15.0. The fourth-order valence-corrected chi connectivity index (χ4v) is 1.56. The maximum atomic E-state index is 11.5. The lowest BCUT2D eigenvalue weighted by atomic mass is 10.2. The van der Waals surface area contributed by atoms with Crippen molar-refractivity contribution in [3.05, 3.63) is 29.8 Å². The first-order valence-electron chi connectivity index (χ1n) is 6.13. The molecule has 0 fully saturated rings. The molecule has 1 atom stereocenters. The quantitative estimate of drug-likeness (QED) is 0.788. The molecular weight excluding hydrogens is 246 g/mol. The largest absolute Gasteiger partial charge is 0.491 e. The van der Waals surface area contributed by atoms with Crippen molar-refractivity contribution < 1.29 is 19.1 Å². The van der Waals surface area contributed by atoms with E-state index in [2.05, 4.69) is 17.0 Å². The summed E-state index contributed by atoms with van der Waals surface area (Å²) in [6.07, 6.45) is 0.955. The van der Waals surface area contributed by atoms with Crippen molar-refractivity contribution in [2.75, 3.05) is 13.7 Å². The second-order valence-electron chi connectivity index (χ2n) is 4.08. The second-order valence-corrected chi connectivity index (χ2v) is 4.08. The van der Waals surface area contributed by atoms with Crippen LogP contribution in [0, 0.1) is 0 Å². The van der Waals surface area contributed by atoms with Crippen LogP contribution < -0.4 is 10.1 Å². The third-order valence-electron chi connectivity index (χ3n) is 2.61. The number of aryl methyl sites for hydroxylation is 1. The minimum absolute atomic E-state index is 0.0394. The Morgan fingerprint density at radius 1 is 1.26 bits per heavy atom. The highest BCUT2D eigenvalue weighted by molar-refractivity contribution is 5.83. The van der Waals surface area contributed by atoms with E-state index in [9.17, 15) is 9.59 Å². The first-order chi connectivity index (χ1) is 9.06. The van der Waals surface area contributed by atoms with Gasteiger partial charge >= 0.3 is 5.97 Å². The molecule has 0 bridgehead atoms. The van der Waals surface area contributed by atoms with E-state index in [-0.39, 0.29) is 12.5 Å². The highest BCUT2D eigenvalue weighted by Crippen LogP contribution is 2.12. The minimum atomic E-state index is -0.798. The van der Waals surface area contributed by atoms with Crippen LogP contribution in [0.25, 0.3) is 0 Å². The fourth-order valence-electron chi connectivity index (χ4n) is 1.56. The Labute approximate surface area is 112 Å². The van der Waals surface area contributed by atoms with Crippen LogP contribution >= 0.6 is 0 Å². The van der Waals surface area contributed by atoms with Gasteiger partial charge in [-0.15, -0.1) is 0 Å². The molecule has 0 heterocycles. The summed E-state index contributed by atoms with van der Waals surface area (Å²) in [6, 6.07) is 6.79. The molecule has 19 heavy (non-hydrogen) atoms. The van der Waals surface area contributed by atoms with Crippen LogP contribution in [0.1, 0.15) is 19.4 Å². The van der Waals surface area contributed by atoms with Crippen LogP contribution in [-0.2, 0) is 20.7 Å². The molecule has 5 heteroatoms. The van der Waals surface area contributed by atoms with Gasteiger partial charge in [-0.3, -0.25) is 4.79 Å². The molecule has 0 aliphatic heterocycles. The number of esters is 1. The fraction of sp³-hybridized carbons (Fsp3) is 0.429. The monoisotopic (exact) mass is 265 g/mol. The van der Waals surface area contributed by atoms with Gasteiger partial charge in [0.05, 0.1) is 7.11 Å². The number of hydrogen-bond donors (Lipinski definition) is 1. The maximum Gasteiger partial charge on any atom is 0.331 e. The van der Waals surface area contributed by atoms with Gasteiger partial charge in [0.25, 0.3) is 0 Å². The van der Waals surface area contributed by atoms with Crippen LogP contribution in [0.4, 0.5) is 0 Å². The van der Waals surface area contributed by atoms with Crippen LogP contribution in [0.15, 0.2) is 24.3 Å². The summed E-state index contributed by atoms with van der Waals surface area (Å²) in [6.45, 7) is 3.45. The molecular formula is C14H19NO4. The molecule has 104 valence electrons. The molecule has 0 aliphatic rings. The van der Waals surface area contributed by atoms with Gasteiger partial charge in [-0.1, -0.05) is 19.1 Å². The van der Waals surface area contributed by atoms with Gasteiger partial charge in [0.15, 0.2) is 6.04 Å². The van der Waals surface area contributed by atoms with Crippen LogP contribution in [0.5, 0.6) is 5.75 Å². The standard InChI is InChI=1S/C14H19NO4/c1-4-11-5-7-12(8-6-11)19-9-13(14(17)18-3)15-10(2)16/h5-8,13H,4,9H2,1-3H3,(H,15,16). The van der Waals surface area contributed by atoms with Crippen molar-refractivity contribution in [1.82, 2.24) is 5.32 Å². The zero-order valence-electron chi connectivity index (χ0n) is 11.4. The zero-order chi connectivity index (χ0) is 14.3. The summed E-state index contributed by atoms with van der Waals surface area (Å²) in [5, 5.41) is 2.48. The van der Waals surface area contributed by atoms with E-state index < -0.39 is 12.0 Å². The molecule has 0 aromatic heterocycles. The Balaban J connectivity index is 2.59. The van der Waals surface area contributed by atoms with Gasteiger partial charge in [-0.25, -0.2) is 4.79 Å². The van der Waals surface area contributed by atoms with Crippen molar-refractivity contribution >= 4 is 11.9 Å². The predicted octanol–water partition coefficient (Wildman–Crippen LogP) is 1.31. The third kappa shape index (κ3) is 4.99. The molecule has 1 N–H and O–H groups in total. The number of ether oxygens (including phenoxy) is 2. The Morgan fingerprint density at radius 2 is 1.89 bits per heavy atom. The SMILES string of the molecule is CCc1ccc(OCC(NC(C)=O)C(=O)OC)cc1. The number of hydrogen-bond acceptors (Lipinski definition) is 4. The lowest BCUT2D eigenvalue weighted by molar-refractivity contribution is -0.145. The second kappa shape index (κ2) is 7.41. The minimum Gasteiger partial charge on any atom is -0.491 e. The van der Waals surface area contributed by atoms with E-state index in [4.69, 9.17) is 4.74 Å². The Morgan fingerprint density at radius 3 is 2.37 bits per heavy atom. The number of methoxy groups -OCH3 is 1. The lowest BCUT2D eigenvalue weighted by Crippen LogP contribution is -2.44. The third-order valence-corrected chi connectivity index (χ3v) is 2.61. The normalized spacial score (nSPS) is 11.5. The zero-order valence-corrected chi connectivity index (χ0v) is 11.4. The number of carbonyl (C=O) groups excluding carboxylic acids is 2. The molecule has 1 aromatic rings. The van der Waals surface area contributed by atoms with E-state index in [0.717, 1.165) is 6.42 Å². The number of carbonyl (C=O) groups is 2. The molecule has 1 unspecified atom stereocenters. The Hall–Kier alpha value is -2.04. The summed E-state index contributed by atoms with van der Waals surface area (Å²) >= 11 is 0. The van der Waals surface area contributed by atoms with Gasteiger partial charge in [0.2, 0.25) is 5.91 Å². The molecule has 1 aromatic carbocycles. The summed E-state index contributed by atoms with van der Waals surface area (Å²) in [5.74, 6) is -0.183. The van der Waals surface area contributed by atoms with Gasteiger partial charge < -0.3 is 14.8 Å². The number of nitrogens with one attached hydrogen (secondary N) is 1. The average Bonchev–Trinajstić information content (AvgIpc) is 2.42. The summed E-state index contributed by atoms with van der Waals surface area (Å²) < 4.78 is 10.1. The highest BCUT2D eigenvalue weighted by Gasteiger charge is 2.20. The molecule has 0 aliphatic carbocycles. The Kier molecular flexibility index (Phi) is 5.85. The summed E-state index contributed by atoms with van der Waals surface area (Å²) in [5.41, 5.74) is 1.21. The average molecular weight is 265 g/mol. The van der Waals surface area contributed by atoms with Crippen LogP contribution in [0.2, 0.25) is 0 Å². The lowest BCUT2D eigenvalue weighted by Gasteiger charge is -2.16. The van der Waals surface area contributed by atoms with Gasteiger partial charge in [0.1, 0.15) is 12.4 Å². The van der Waals surface area contributed by atoms with Gasteiger partial charge in [-0.2, -0.15) is 0 Å². The molecule has 0 saturated carbocycles. The molecule has 0 radical (unpaired) electrons. The smallest absolute Gasteiger partial charge is 0.331 e. The van der Waals surface area contributed by atoms with Crippen molar-refractivity contribution in [2.45, 2.75) is 26.3 Å². The molecule has 1 rings (SSSR count). The van der Waals surface area contributed by atoms with E-state index in [1.54, 1.807) is 0 Å². The first-order valence-corrected chi connectivity index (χ1v) is 6.13. The van der Waals surface area contributed by atoms with E-state index in [1.807, 2.05) is 24.3 Å². The summed E-state index contributed by atoms with van der Waals surface area (Å²) in [7, 11) is 1.27. The van der Waals surface area contributed by atoms with E-state index in [1.165, 1.54) is 19.6 Å². The highest BCUT2D eigenvalue weighted by atomic mass is 16.5. The van der Waals surface area contributed by atoms with Crippen molar-refractivity contribution in [3.63, 3.8) is 0 Å². The summed E-state index contributed by atoms with van der Waals surface area (Å²) in [4.78, 5) is 22.4. The van der Waals surface area contributed by atoms with E-state index >= 15 is 0 Å². The Bertz CT molecular complexity index is 428. The number of amides is 1. The van der Waals surface area contributed by atoms with Crippen molar-refractivity contribution in [2.24, 2.45) is 0 Å². The van der Waals surface area contributed by atoms with Crippen molar-refractivity contribution in [3.8, 4) is 5.75 Å². The van der Waals surface area contributed by atoms with E-state index in [0.29, 0.717) is 5.75 Å². The number of rotatable bonds is 6. The predicted molar refractivity (Wildman–Crippen MR) is 70.9 cm³/mol. The van der Waals surface area contributed by atoms with Gasteiger partial charge in [0, 0.05) is 6.92 Å². The topological polar surface area (TPSA) is 64.6 Å². The molecule has 1 amide bonds. The van der Waals surface area contributed by atoms with Crippen molar-refractivity contribution in [1.29, 1.82) is 0 Å². The molecule has 0 spiro atoms. The van der Waals surface area contributed by atoms with Crippen LogP contribution in [0.3, 0.4) is 0 Å². The number of benzene rings is 1. The maximum absolute atomic E-state index is 11.5.